The van der Waals surface area contributed by atoms with Crippen LogP contribution in [0.5, 0.6) is 5.75 Å². The lowest BCUT2D eigenvalue weighted by molar-refractivity contribution is 0.0911. The highest BCUT2D eigenvalue weighted by atomic mass is 35.5. The fourth-order valence-electron chi connectivity index (χ4n) is 3.81. The quantitative estimate of drug-likeness (QED) is 0.382. The second-order valence-corrected chi connectivity index (χ2v) is 9.39. The lowest BCUT2D eigenvalue weighted by atomic mass is 9.90. The third kappa shape index (κ3) is 6.67. The SMILES string of the molecule is O=C(Nc1ccc(F)c(Cl)c1)N[C@H]1CCCC[C@H]1NC(=O)c1csc(COc2ccccc2F)n1. The Morgan fingerprint density at radius 1 is 1.06 bits per heavy atom. The van der Waals surface area contributed by atoms with Gasteiger partial charge in [0.05, 0.1) is 11.1 Å². The molecule has 0 radical (unpaired) electrons. The number of ether oxygens (including phenoxy) is 1. The Balaban J connectivity index is 1.32. The van der Waals surface area contributed by atoms with E-state index < -0.39 is 17.7 Å². The second-order valence-electron chi connectivity index (χ2n) is 8.04. The molecule has 35 heavy (non-hydrogen) atoms. The maximum atomic E-state index is 13.7. The molecule has 0 aliphatic heterocycles. The van der Waals surface area contributed by atoms with Crippen LogP contribution in [-0.2, 0) is 6.61 Å². The van der Waals surface area contributed by atoms with Crippen molar-refractivity contribution in [2.75, 3.05) is 5.32 Å². The van der Waals surface area contributed by atoms with Gasteiger partial charge in [0.1, 0.15) is 23.1 Å². The molecule has 3 aromatic rings. The van der Waals surface area contributed by atoms with Gasteiger partial charge in [0.25, 0.3) is 5.91 Å². The Kier molecular flexibility index (Phi) is 8.14. The molecule has 11 heteroatoms. The number of carbonyl (C=O) groups excluding carboxylic acids is 2. The van der Waals surface area contributed by atoms with E-state index in [9.17, 15) is 18.4 Å². The van der Waals surface area contributed by atoms with Crippen molar-refractivity contribution in [2.45, 2.75) is 44.4 Å². The largest absolute Gasteiger partial charge is 0.483 e. The van der Waals surface area contributed by atoms with Crippen molar-refractivity contribution in [3.05, 3.63) is 75.2 Å². The second kappa shape index (κ2) is 11.5. The van der Waals surface area contributed by atoms with Crippen molar-refractivity contribution < 1.29 is 23.1 Å². The van der Waals surface area contributed by atoms with Crippen LogP contribution in [0.4, 0.5) is 19.3 Å². The average molecular weight is 521 g/mol. The molecule has 1 aliphatic carbocycles. The summed E-state index contributed by atoms with van der Waals surface area (Å²) in [6.45, 7) is 0.0417. The maximum Gasteiger partial charge on any atom is 0.319 e. The van der Waals surface area contributed by atoms with Gasteiger partial charge < -0.3 is 20.7 Å². The Morgan fingerprint density at radius 2 is 1.80 bits per heavy atom. The standard InChI is InChI=1S/C24H23ClF2N4O3S/c25-15-11-14(9-10-16(15)26)28-24(33)31-19-7-3-2-6-18(19)30-23(32)20-13-35-22(29-20)12-34-21-8-4-1-5-17(21)27/h1,4-5,8-11,13,18-19H,2-3,6-7,12H2,(H,30,32)(H2,28,31,33)/t18-,19+/m1/s1. The van der Waals surface area contributed by atoms with Crippen LogP contribution >= 0.6 is 22.9 Å². The first-order valence-corrected chi connectivity index (χ1v) is 12.3. The predicted molar refractivity (Wildman–Crippen MR) is 130 cm³/mol. The van der Waals surface area contributed by atoms with E-state index in [0.29, 0.717) is 23.5 Å². The molecule has 2 aromatic carbocycles. The number of amides is 3. The molecule has 0 bridgehead atoms. The molecule has 1 heterocycles. The number of carbonyl (C=O) groups is 2. The number of hydrogen-bond acceptors (Lipinski definition) is 5. The van der Waals surface area contributed by atoms with E-state index in [1.165, 1.54) is 41.7 Å². The lowest BCUT2D eigenvalue weighted by Gasteiger charge is -2.32. The van der Waals surface area contributed by atoms with E-state index >= 15 is 0 Å². The number of benzene rings is 2. The third-order valence-electron chi connectivity index (χ3n) is 5.55. The minimum Gasteiger partial charge on any atom is -0.483 e. The van der Waals surface area contributed by atoms with Gasteiger partial charge in [-0.2, -0.15) is 0 Å². The molecule has 0 spiro atoms. The molecule has 1 aromatic heterocycles. The summed E-state index contributed by atoms with van der Waals surface area (Å²) in [5.41, 5.74) is 0.592. The summed E-state index contributed by atoms with van der Waals surface area (Å²) in [5, 5.41) is 10.5. The van der Waals surface area contributed by atoms with E-state index in [-0.39, 0.29) is 41.1 Å². The monoisotopic (exact) mass is 520 g/mol. The minimum absolute atomic E-state index is 0.0417. The van der Waals surface area contributed by atoms with Gasteiger partial charge in [0.2, 0.25) is 0 Å². The summed E-state index contributed by atoms with van der Waals surface area (Å²) in [7, 11) is 0. The number of para-hydroxylation sites is 1. The number of thiazole rings is 1. The summed E-state index contributed by atoms with van der Waals surface area (Å²) in [4.78, 5) is 29.6. The highest BCUT2D eigenvalue weighted by Crippen LogP contribution is 2.22. The van der Waals surface area contributed by atoms with E-state index in [1.807, 2.05) is 0 Å². The minimum atomic E-state index is -0.573. The van der Waals surface area contributed by atoms with Crippen molar-refractivity contribution in [1.29, 1.82) is 0 Å². The van der Waals surface area contributed by atoms with Crippen LogP contribution in [0.1, 0.15) is 41.2 Å². The van der Waals surface area contributed by atoms with Crippen LogP contribution < -0.4 is 20.7 Å². The van der Waals surface area contributed by atoms with Crippen LogP contribution in [0.2, 0.25) is 5.02 Å². The van der Waals surface area contributed by atoms with Gasteiger partial charge in [-0.3, -0.25) is 4.79 Å². The Bertz CT molecular complexity index is 1210. The first kappa shape index (κ1) is 24.9. The fraction of sp³-hybridized carbons (Fsp3) is 0.292. The molecule has 1 aliphatic rings. The molecule has 3 amide bonds. The van der Waals surface area contributed by atoms with Crippen LogP contribution in [-0.4, -0.2) is 29.0 Å². The van der Waals surface area contributed by atoms with Gasteiger partial charge in [0, 0.05) is 17.1 Å². The van der Waals surface area contributed by atoms with Crippen molar-refractivity contribution in [1.82, 2.24) is 15.6 Å². The van der Waals surface area contributed by atoms with E-state index in [0.717, 1.165) is 12.8 Å². The molecule has 184 valence electrons. The van der Waals surface area contributed by atoms with Crippen molar-refractivity contribution in [3.63, 3.8) is 0 Å². The fourth-order valence-corrected chi connectivity index (χ4v) is 4.68. The van der Waals surface area contributed by atoms with Crippen LogP contribution in [0.15, 0.2) is 47.8 Å². The number of aromatic nitrogens is 1. The molecular weight excluding hydrogens is 498 g/mol. The van der Waals surface area contributed by atoms with Crippen molar-refractivity contribution in [2.24, 2.45) is 0 Å². The number of rotatable bonds is 7. The number of urea groups is 1. The number of nitrogens with zero attached hydrogens (tertiary/aromatic N) is 1. The molecule has 7 nitrogen and oxygen atoms in total. The zero-order valence-corrected chi connectivity index (χ0v) is 20.1. The van der Waals surface area contributed by atoms with Crippen molar-refractivity contribution in [3.8, 4) is 5.75 Å². The smallest absolute Gasteiger partial charge is 0.319 e. The first-order chi connectivity index (χ1) is 16.9. The van der Waals surface area contributed by atoms with Gasteiger partial charge in [-0.1, -0.05) is 36.6 Å². The van der Waals surface area contributed by atoms with Crippen LogP contribution in [0.25, 0.3) is 0 Å². The molecule has 2 atom stereocenters. The zero-order chi connectivity index (χ0) is 24.8. The van der Waals surface area contributed by atoms with E-state index in [1.54, 1.807) is 17.5 Å². The molecule has 1 saturated carbocycles. The molecular formula is C24H23ClF2N4O3S. The number of nitrogens with one attached hydrogen (secondary N) is 3. The van der Waals surface area contributed by atoms with Gasteiger partial charge in [-0.05, 0) is 43.2 Å². The van der Waals surface area contributed by atoms with E-state index in [4.69, 9.17) is 16.3 Å². The topological polar surface area (TPSA) is 92.4 Å². The highest BCUT2D eigenvalue weighted by Gasteiger charge is 2.29. The molecule has 0 saturated heterocycles. The van der Waals surface area contributed by atoms with Crippen LogP contribution in [0.3, 0.4) is 0 Å². The van der Waals surface area contributed by atoms with Gasteiger partial charge in [-0.15, -0.1) is 11.3 Å². The first-order valence-electron chi connectivity index (χ1n) is 11.0. The Labute approximate surface area is 209 Å². The lowest BCUT2D eigenvalue weighted by Crippen LogP contribution is -2.54. The molecule has 3 N–H and O–H groups in total. The Morgan fingerprint density at radius 3 is 2.54 bits per heavy atom. The van der Waals surface area contributed by atoms with E-state index in [2.05, 4.69) is 20.9 Å². The molecule has 1 fully saturated rings. The zero-order valence-electron chi connectivity index (χ0n) is 18.5. The van der Waals surface area contributed by atoms with Gasteiger partial charge in [-0.25, -0.2) is 18.6 Å². The summed E-state index contributed by atoms with van der Waals surface area (Å²) in [6, 6.07) is 8.94. The Hall–Kier alpha value is -3.24. The number of hydrogen-bond donors (Lipinski definition) is 3. The summed E-state index contributed by atoms with van der Waals surface area (Å²) >= 11 is 7.01. The van der Waals surface area contributed by atoms with Crippen molar-refractivity contribution >= 4 is 40.6 Å². The van der Waals surface area contributed by atoms with Gasteiger partial charge in [0.15, 0.2) is 11.6 Å². The number of anilines is 1. The summed E-state index contributed by atoms with van der Waals surface area (Å²) < 4.78 is 32.5. The third-order valence-corrected chi connectivity index (χ3v) is 6.66. The summed E-state index contributed by atoms with van der Waals surface area (Å²) in [5.74, 6) is -1.28. The average Bonchev–Trinajstić information content (AvgIpc) is 3.31. The highest BCUT2D eigenvalue weighted by molar-refractivity contribution is 7.09. The van der Waals surface area contributed by atoms with Gasteiger partial charge >= 0.3 is 6.03 Å². The normalized spacial score (nSPS) is 17.5. The summed E-state index contributed by atoms with van der Waals surface area (Å²) in [6.07, 6.45) is 3.22. The molecule has 0 unspecified atom stereocenters. The maximum absolute atomic E-state index is 13.7. The number of halogens is 3. The van der Waals surface area contributed by atoms with Crippen LogP contribution in [0, 0.1) is 11.6 Å². The molecule has 4 rings (SSSR count). The predicted octanol–water partition coefficient (Wildman–Crippen LogP) is 5.52.